The van der Waals surface area contributed by atoms with Crippen molar-refractivity contribution in [2.75, 3.05) is 6.54 Å². The van der Waals surface area contributed by atoms with Crippen molar-refractivity contribution in [2.24, 2.45) is 5.92 Å². The minimum atomic E-state index is 0.907. The minimum Gasteiger partial charge on any atom is -0.292 e. The van der Waals surface area contributed by atoms with E-state index >= 15 is 0 Å². The summed E-state index contributed by atoms with van der Waals surface area (Å²) in [6, 6.07) is 12.6. The van der Waals surface area contributed by atoms with Crippen molar-refractivity contribution in [3.05, 3.63) is 59.2 Å². The van der Waals surface area contributed by atoms with E-state index in [1.807, 2.05) is 0 Å². The molecule has 3 heteroatoms. The number of aromatic nitrogens is 2. The van der Waals surface area contributed by atoms with Gasteiger partial charge in [0.1, 0.15) is 0 Å². The highest BCUT2D eigenvalue weighted by Crippen LogP contribution is 2.26. The van der Waals surface area contributed by atoms with Gasteiger partial charge in [-0.3, -0.25) is 14.9 Å². The lowest BCUT2D eigenvalue weighted by Gasteiger charge is -2.27. The van der Waals surface area contributed by atoms with Gasteiger partial charge < -0.3 is 0 Å². The Labute approximate surface area is 152 Å². The van der Waals surface area contributed by atoms with Crippen molar-refractivity contribution in [3.63, 3.8) is 0 Å². The van der Waals surface area contributed by atoms with Crippen LogP contribution in [0, 0.1) is 19.8 Å². The van der Waals surface area contributed by atoms with Crippen LogP contribution in [0.5, 0.6) is 0 Å². The fourth-order valence-electron chi connectivity index (χ4n) is 3.89. The molecule has 0 N–H and O–H groups in total. The zero-order valence-corrected chi connectivity index (χ0v) is 15.7. The molecule has 0 atom stereocenters. The predicted octanol–water partition coefficient (Wildman–Crippen LogP) is 5.07. The van der Waals surface area contributed by atoms with Gasteiger partial charge in [-0.25, -0.2) is 0 Å². The van der Waals surface area contributed by atoms with Gasteiger partial charge in [-0.15, -0.1) is 0 Å². The molecule has 3 nitrogen and oxygen atoms in total. The molecule has 0 bridgehead atoms. The number of aryl methyl sites for hydroxylation is 2. The Morgan fingerprint density at radius 1 is 0.840 bits per heavy atom. The van der Waals surface area contributed by atoms with Crippen molar-refractivity contribution in [1.29, 1.82) is 0 Å². The van der Waals surface area contributed by atoms with Crippen LogP contribution in [-0.4, -0.2) is 21.4 Å². The van der Waals surface area contributed by atoms with E-state index in [4.69, 9.17) is 9.97 Å². The summed E-state index contributed by atoms with van der Waals surface area (Å²) in [5.41, 5.74) is 4.52. The summed E-state index contributed by atoms with van der Waals surface area (Å²) in [6.07, 6.45) is 8.41. The molecule has 2 heterocycles. The summed E-state index contributed by atoms with van der Waals surface area (Å²) in [5.74, 6) is 0.909. The van der Waals surface area contributed by atoms with Gasteiger partial charge >= 0.3 is 0 Å². The largest absolute Gasteiger partial charge is 0.292 e. The van der Waals surface area contributed by atoms with Crippen molar-refractivity contribution in [1.82, 2.24) is 14.9 Å². The van der Waals surface area contributed by atoms with E-state index in [9.17, 15) is 0 Å². The molecule has 1 saturated carbocycles. The smallest absolute Gasteiger partial charge is 0.0547 e. The average molecular weight is 338 g/mol. The third-order valence-electron chi connectivity index (χ3n) is 5.24. The summed E-state index contributed by atoms with van der Waals surface area (Å²) < 4.78 is 0. The number of hydrogen-bond donors (Lipinski definition) is 0. The first-order chi connectivity index (χ1) is 12.2. The van der Waals surface area contributed by atoms with E-state index in [-0.39, 0.29) is 0 Å². The molecule has 3 rings (SSSR count). The van der Waals surface area contributed by atoms with Gasteiger partial charge in [-0.05, 0) is 57.0 Å². The van der Waals surface area contributed by atoms with E-state index in [1.165, 1.54) is 38.5 Å². The zero-order valence-electron chi connectivity index (χ0n) is 15.7. The van der Waals surface area contributed by atoms with Crippen LogP contribution < -0.4 is 0 Å². The maximum absolute atomic E-state index is 4.70. The molecule has 25 heavy (non-hydrogen) atoms. The Morgan fingerprint density at radius 2 is 1.40 bits per heavy atom. The Kier molecular flexibility index (Phi) is 6.57. The van der Waals surface area contributed by atoms with Gasteiger partial charge in [-0.2, -0.15) is 0 Å². The summed E-state index contributed by atoms with van der Waals surface area (Å²) in [7, 11) is 0. The van der Waals surface area contributed by atoms with Crippen molar-refractivity contribution in [2.45, 2.75) is 65.5 Å². The van der Waals surface area contributed by atoms with E-state index in [0.29, 0.717) is 0 Å². The fourth-order valence-corrected chi connectivity index (χ4v) is 3.89. The first-order valence-electron chi connectivity index (χ1n) is 9.76. The summed E-state index contributed by atoms with van der Waals surface area (Å²) in [6.45, 7) is 7.08. The van der Waals surface area contributed by atoms with Gasteiger partial charge in [0.15, 0.2) is 0 Å². The molecule has 1 fully saturated rings. The highest BCUT2D eigenvalue weighted by molar-refractivity contribution is 5.12. The SMILES string of the molecule is Cc1cccc(CN(CCC2CCCCC2)Cc2cccc(C)n2)n1. The van der Waals surface area contributed by atoms with Crippen LogP contribution in [0.1, 0.15) is 61.3 Å². The molecular formula is C22H31N3. The summed E-state index contributed by atoms with van der Waals surface area (Å²) in [5, 5.41) is 0. The molecular weight excluding hydrogens is 306 g/mol. The molecule has 0 aliphatic heterocycles. The van der Waals surface area contributed by atoms with Crippen LogP contribution in [0.25, 0.3) is 0 Å². The van der Waals surface area contributed by atoms with Crippen molar-refractivity contribution >= 4 is 0 Å². The number of rotatable bonds is 7. The first kappa shape index (κ1) is 18.1. The van der Waals surface area contributed by atoms with E-state index in [2.05, 4.69) is 55.1 Å². The maximum Gasteiger partial charge on any atom is 0.0547 e. The monoisotopic (exact) mass is 337 g/mol. The van der Waals surface area contributed by atoms with Crippen LogP contribution in [-0.2, 0) is 13.1 Å². The zero-order chi connectivity index (χ0) is 17.5. The lowest BCUT2D eigenvalue weighted by Crippen LogP contribution is -2.27. The molecule has 2 aromatic heterocycles. The van der Waals surface area contributed by atoms with Gasteiger partial charge in [0.2, 0.25) is 0 Å². The number of pyridine rings is 2. The second-order valence-electron chi connectivity index (χ2n) is 7.54. The number of nitrogens with zero attached hydrogens (tertiary/aromatic N) is 3. The second kappa shape index (κ2) is 9.10. The predicted molar refractivity (Wildman–Crippen MR) is 103 cm³/mol. The molecule has 0 aromatic carbocycles. The molecule has 2 aromatic rings. The van der Waals surface area contributed by atoms with Gasteiger partial charge in [-0.1, -0.05) is 44.2 Å². The normalized spacial score (nSPS) is 15.6. The van der Waals surface area contributed by atoms with Gasteiger partial charge in [0.05, 0.1) is 11.4 Å². The summed E-state index contributed by atoms with van der Waals surface area (Å²) >= 11 is 0. The van der Waals surface area contributed by atoms with Crippen LogP contribution in [0.15, 0.2) is 36.4 Å². The highest BCUT2D eigenvalue weighted by Gasteiger charge is 2.16. The fraction of sp³-hybridized carbons (Fsp3) is 0.545. The second-order valence-corrected chi connectivity index (χ2v) is 7.54. The van der Waals surface area contributed by atoms with Crippen LogP contribution in [0.4, 0.5) is 0 Å². The molecule has 0 saturated heterocycles. The molecule has 134 valence electrons. The Balaban J connectivity index is 1.65. The first-order valence-corrected chi connectivity index (χ1v) is 9.76. The van der Waals surface area contributed by atoms with Crippen molar-refractivity contribution in [3.8, 4) is 0 Å². The molecule has 0 spiro atoms. The molecule has 0 amide bonds. The van der Waals surface area contributed by atoms with Crippen LogP contribution in [0.2, 0.25) is 0 Å². The minimum absolute atomic E-state index is 0.907. The van der Waals surface area contributed by atoms with Crippen LogP contribution in [0.3, 0.4) is 0 Å². The molecule has 1 aliphatic carbocycles. The van der Waals surface area contributed by atoms with Gasteiger partial charge in [0.25, 0.3) is 0 Å². The van der Waals surface area contributed by atoms with Gasteiger partial charge in [0, 0.05) is 24.5 Å². The van der Waals surface area contributed by atoms with E-state index in [1.54, 1.807) is 0 Å². The standard InChI is InChI=1S/C22H31N3/c1-18-8-6-12-21(23-18)16-25(15-14-20-10-4-3-5-11-20)17-22-13-7-9-19(2)24-22/h6-9,12-13,20H,3-5,10-11,14-17H2,1-2H3. The van der Waals surface area contributed by atoms with Crippen LogP contribution >= 0.6 is 0 Å². The number of hydrogen-bond acceptors (Lipinski definition) is 3. The Bertz CT molecular complexity index is 614. The third kappa shape index (κ3) is 5.93. The molecule has 1 aliphatic rings. The quantitative estimate of drug-likeness (QED) is 0.706. The third-order valence-corrected chi connectivity index (χ3v) is 5.24. The lowest BCUT2D eigenvalue weighted by atomic mass is 9.87. The average Bonchev–Trinajstić information content (AvgIpc) is 2.61. The maximum atomic E-state index is 4.70. The van der Waals surface area contributed by atoms with E-state index < -0.39 is 0 Å². The summed E-state index contributed by atoms with van der Waals surface area (Å²) in [4.78, 5) is 11.9. The highest BCUT2D eigenvalue weighted by atomic mass is 15.1. The Morgan fingerprint density at radius 3 is 1.92 bits per heavy atom. The Hall–Kier alpha value is -1.74. The molecule has 0 unspecified atom stereocenters. The van der Waals surface area contributed by atoms with Crippen molar-refractivity contribution < 1.29 is 0 Å². The lowest BCUT2D eigenvalue weighted by molar-refractivity contribution is 0.214. The van der Waals surface area contributed by atoms with E-state index in [0.717, 1.165) is 48.3 Å². The molecule has 0 radical (unpaired) electrons. The topological polar surface area (TPSA) is 29.0 Å².